The summed E-state index contributed by atoms with van der Waals surface area (Å²) >= 11 is 0. The van der Waals surface area contributed by atoms with Crippen LogP contribution in [-0.2, 0) is 4.74 Å². The van der Waals surface area contributed by atoms with E-state index in [0.29, 0.717) is 12.5 Å². The molecule has 0 unspecified atom stereocenters. The van der Waals surface area contributed by atoms with E-state index in [1.54, 1.807) is 11.9 Å². The summed E-state index contributed by atoms with van der Waals surface area (Å²) in [7, 11) is 1.77. The number of nitrogens with zero attached hydrogens (tertiary/aromatic N) is 1. The molecule has 4 heteroatoms. The number of amides is 1. The molecule has 2 rings (SSSR count). The van der Waals surface area contributed by atoms with Crippen molar-refractivity contribution in [1.29, 1.82) is 0 Å². The lowest BCUT2D eigenvalue weighted by Crippen LogP contribution is -2.49. The SMILES string of the molecule is CN1CC2(CC(CN)C2)OC1=O. The van der Waals surface area contributed by atoms with Gasteiger partial charge in [-0.1, -0.05) is 0 Å². The zero-order valence-electron chi connectivity index (χ0n) is 7.25. The van der Waals surface area contributed by atoms with Crippen LogP contribution in [0.25, 0.3) is 0 Å². The van der Waals surface area contributed by atoms with Crippen LogP contribution < -0.4 is 5.73 Å². The molecule has 1 spiro atoms. The van der Waals surface area contributed by atoms with Gasteiger partial charge in [0.15, 0.2) is 0 Å². The summed E-state index contributed by atoms with van der Waals surface area (Å²) in [5.74, 6) is 0.560. The minimum Gasteiger partial charge on any atom is -0.441 e. The first kappa shape index (κ1) is 7.86. The van der Waals surface area contributed by atoms with Crippen molar-refractivity contribution in [2.75, 3.05) is 20.1 Å². The van der Waals surface area contributed by atoms with Crippen LogP contribution in [0.2, 0.25) is 0 Å². The Bertz CT molecular complexity index is 211. The lowest BCUT2D eigenvalue weighted by atomic mass is 9.71. The summed E-state index contributed by atoms with van der Waals surface area (Å²) in [6.45, 7) is 1.45. The van der Waals surface area contributed by atoms with Gasteiger partial charge in [-0.25, -0.2) is 4.79 Å². The first-order valence-corrected chi connectivity index (χ1v) is 4.29. The molecule has 1 heterocycles. The van der Waals surface area contributed by atoms with Gasteiger partial charge in [0.25, 0.3) is 0 Å². The summed E-state index contributed by atoms with van der Waals surface area (Å²) in [5, 5.41) is 0. The molecule has 12 heavy (non-hydrogen) atoms. The van der Waals surface area contributed by atoms with Crippen molar-refractivity contribution >= 4 is 6.09 Å². The van der Waals surface area contributed by atoms with Gasteiger partial charge in [0.05, 0.1) is 6.54 Å². The van der Waals surface area contributed by atoms with E-state index >= 15 is 0 Å². The monoisotopic (exact) mass is 170 g/mol. The minimum atomic E-state index is -0.189. The summed E-state index contributed by atoms with van der Waals surface area (Å²) in [5.41, 5.74) is 5.33. The van der Waals surface area contributed by atoms with Crippen LogP contribution in [0.1, 0.15) is 12.8 Å². The lowest BCUT2D eigenvalue weighted by molar-refractivity contribution is -0.0436. The quantitative estimate of drug-likeness (QED) is 0.610. The summed E-state index contributed by atoms with van der Waals surface area (Å²) in [4.78, 5) is 12.7. The molecule has 2 N–H and O–H groups in total. The third-order valence-electron chi connectivity index (χ3n) is 2.80. The zero-order chi connectivity index (χ0) is 8.77. The predicted molar refractivity (Wildman–Crippen MR) is 43.6 cm³/mol. The van der Waals surface area contributed by atoms with Crippen molar-refractivity contribution in [1.82, 2.24) is 4.90 Å². The van der Waals surface area contributed by atoms with E-state index in [0.717, 1.165) is 19.4 Å². The third kappa shape index (κ3) is 0.982. The van der Waals surface area contributed by atoms with E-state index in [1.165, 1.54) is 0 Å². The highest BCUT2D eigenvalue weighted by Gasteiger charge is 2.52. The molecule has 0 aromatic heterocycles. The molecule has 0 aromatic rings. The Morgan fingerprint density at radius 3 is 2.83 bits per heavy atom. The number of hydrogen-bond acceptors (Lipinski definition) is 3. The van der Waals surface area contributed by atoms with Crippen LogP contribution in [0, 0.1) is 5.92 Å². The first-order valence-electron chi connectivity index (χ1n) is 4.29. The van der Waals surface area contributed by atoms with E-state index in [9.17, 15) is 4.79 Å². The molecule has 0 bridgehead atoms. The maximum Gasteiger partial charge on any atom is 0.410 e. The van der Waals surface area contributed by atoms with Crippen molar-refractivity contribution in [3.8, 4) is 0 Å². The number of carbonyl (C=O) groups is 1. The first-order chi connectivity index (χ1) is 5.65. The Morgan fingerprint density at radius 2 is 2.42 bits per heavy atom. The number of carbonyl (C=O) groups excluding carboxylic acids is 1. The Balaban J connectivity index is 1.96. The van der Waals surface area contributed by atoms with Gasteiger partial charge < -0.3 is 15.4 Å². The maximum atomic E-state index is 11.0. The number of likely N-dealkylation sites (N-methyl/N-ethyl adjacent to an activating group) is 1. The van der Waals surface area contributed by atoms with Gasteiger partial charge in [0.2, 0.25) is 0 Å². The van der Waals surface area contributed by atoms with Crippen LogP contribution >= 0.6 is 0 Å². The highest BCUT2D eigenvalue weighted by molar-refractivity contribution is 5.70. The van der Waals surface area contributed by atoms with Crippen molar-refractivity contribution in [3.63, 3.8) is 0 Å². The van der Waals surface area contributed by atoms with Gasteiger partial charge in [0.1, 0.15) is 5.60 Å². The molecule has 0 atom stereocenters. The van der Waals surface area contributed by atoms with Gasteiger partial charge in [0, 0.05) is 7.05 Å². The average molecular weight is 170 g/mol. The van der Waals surface area contributed by atoms with Gasteiger partial charge in [-0.3, -0.25) is 0 Å². The standard InChI is InChI=1S/C8H14N2O2/c1-10-5-8(12-7(10)11)2-6(3-8)4-9/h6H,2-5,9H2,1H3. The Labute approximate surface area is 71.7 Å². The van der Waals surface area contributed by atoms with Crippen LogP contribution in [-0.4, -0.2) is 36.7 Å². The highest BCUT2D eigenvalue weighted by Crippen LogP contribution is 2.43. The van der Waals surface area contributed by atoms with E-state index < -0.39 is 0 Å². The number of nitrogens with two attached hydrogens (primary N) is 1. The molecule has 4 nitrogen and oxygen atoms in total. The van der Waals surface area contributed by atoms with Crippen LogP contribution in [0.3, 0.4) is 0 Å². The van der Waals surface area contributed by atoms with Crippen molar-refractivity contribution < 1.29 is 9.53 Å². The molecule has 1 saturated carbocycles. The molecule has 0 aromatic carbocycles. The lowest BCUT2D eigenvalue weighted by Gasteiger charge is -2.42. The van der Waals surface area contributed by atoms with E-state index in [1.807, 2.05) is 0 Å². The average Bonchev–Trinajstić information content (AvgIpc) is 2.25. The fraction of sp³-hybridized carbons (Fsp3) is 0.875. The fourth-order valence-electron chi connectivity index (χ4n) is 2.16. The smallest absolute Gasteiger partial charge is 0.410 e. The predicted octanol–water partition coefficient (Wildman–Crippen LogP) is 0.176. The zero-order valence-corrected chi connectivity index (χ0v) is 7.25. The third-order valence-corrected chi connectivity index (χ3v) is 2.80. The van der Waals surface area contributed by atoms with Crippen LogP contribution in [0.15, 0.2) is 0 Å². The normalized spacial score (nSPS) is 40.0. The molecule has 1 aliphatic carbocycles. The molecule has 68 valence electrons. The minimum absolute atomic E-state index is 0.171. The second-order valence-corrected chi connectivity index (χ2v) is 3.92. The molecule has 1 saturated heterocycles. The molecular formula is C8H14N2O2. The molecule has 0 radical (unpaired) electrons. The van der Waals surface area contributed by atoms with Gasteiger partial charge in [-0.05, 0) is 25.3 Å². The molecule has 1 amide bonds. The fourth-order valence-corrected chi connectivity index (χ4v) is 2.16. The molecule has 2 fully saturated rings. The molecule has 2 aliphatic rings. The van der Waals surface area contributed by atoms with Crippen molar-refractivity contribution in [3.05, 3.63) is 0 Å². The second kappa shape index (κ2) is 2.36. The Morgan fingerprint density at radius 1 is 1.75 bits per heavy atom. The van der Waals surface area contributed by atoms with E-state index in [2.05, 4.69) is 0 Å². The number of hydrogen-bond donors (Lipinski definition) is 1. The van der Waals surface area contributed by atoms with Crippen molar-refractivity contribution in [2.24, 2.45) is 11.7 Å². The Hall–Kier alpha value is -0.770. The highest BCUT2D eigenvalue weighted by atomic mass is 16.6. The van der Waals surface area contributed by atoms with Crippen LogP contribution in [0.4, 0.5) is 4.79 Å². The van der Waals surface area contributed by atoms with Gasteiger partial charge >= 0.3 is 6.09 Å². The summed E-state index contributed by atoms with van der Waals surface area (Å²) in [6, 6.07) is 0. The molecule has 1 aliphatic heterocycles. The van der Waals surface area contributed by atoms with Crippen molar-refractivity contribution in [2.45, 2.75) is 18.4 Å². The van der Waals surface area contributed by atoms with Gasteiger partial charge in [-0.2, -0.15) is 0 Å². The topological polar surface area (TPSA) is 55.6 Å². The van der Waals surface area contributed by atoms with Crippen LogP contribution in [0.5, 0.6) is 0 Å². The summed E-state index contributed by atoms with van der Waals surface area (Å²) in [6.07, 6.45) is 1.70. The summed E-state index contributed by atoms with van der Waals surface area (Å²) < 4.78 is 5.26. The van der Waals surface area contributed by atoms with E-state index in [-0.39, 0.29) is 11.7 Å². The Kier molecular flexibility index (Phi) is 1.54. The number of ether oxygens (including phenoxy) is 1. The van der Waals surface area contributed by atoms with Gasteiger partial charge in [-0.15, -0.1) is 0 Å². The molecular weight excluding hydrogens is 156 g/mol. The maximum absolute atomic E-state index is 11.0. The second-order valence-electron chi connectivity index (χ2n) is 3.92. The number of rotatable bonds is 1. The van der Waals surface area contributed by atoms with E-state index in [4.69, 9.17) is 10.5 Å². The largest absolute Gasteiger partial charge is 0.441 e.